The maximum absolute atomic E-state index is 11.2. The molecule has 0 saturated carbocycles. The van der Waals surface area contributed by atoms with Crippen molar-refractivity contribution in [2.24, 2.45) is 0 Å². The number of fused-ring (bicyclic) bond motifs is 1. The van der Waals surface area contributed by atoms with Gasteiger partial charge in [0, 0.05) is 12.3 Å². The Morgan fingerprint density at radius 1 is 1.41 bits per heavy atom. The fourth-order valence-electron chi connectivity index (χ4n) is 1.60. The molecule has 0 bridgehead atoms. The summed E-state index contributed by atoms with van der Waals surface area (Å²) >= 11 is 0. The van der Waals surface area contributed by atoms with E-state index in [1.807, 2.05) is 0 Å². The molecule has 2 N–H and O–H groups in total. The number of nitrogens with zero attached hydrogens (tertiary/aromatic N) is 3. The quantitative estimate of drug-likeness (QED) is 0.809. The third-order valence-corrected chi connectivity index (χ3v) is 3.26. The zero-order valence-corrected chi connectivity index (χ0v) is 10.3. The number of nitrogens with one attached hydrogen (secondary N) is 2. The van der Waals surface area contributed by atoms with Gasteiger partial charge in [-0.2, -0.15) is 0 Å². The summed E-state index contributed by atoms with van der Waals surface area (Å²) in [6, 6.07) is -0.230. The Morgan fingerprint density at radius 2 is 2.18 bits per heavy atom. The summed E-state index contributed by atoms with van der Waals surface area (Å²) in [6.07, 6.45) is 4.11. The van der Waals surface area contributed by atoms with Gasteiger partial charge in [-0.3, -0.25) is 0 Å². The monoisotopic (exact) mass is 255 g/mol. The Labute approximate surface area is 98.6 Å². The predicted octanol–water partition coefficient (Wildman–Crippen LogP) is 0.198. The molecule has 0 saturated heterocycles. The highest BCUT2D eigenvalue weighted by Crippen LogP contribution is 2.15. The average molecular weight is 255 g/mol. The maximum Gasteiger partial charge on any atom is 0.182 e. The Kier molecular flexibility index (Phi) is 2.97. The third-order valence-electron chi connectivity index (χ3n) is 2.16. The van der Waals surface area contributed by atoms with Crippen LogP contribution in [0.25, 0.3) is 11.2 Å². The van der Waals surface area contributed by atoms with Crippen molar-refractivity contribution in [3.05, 3.63) is 12.7 Å². The second kappa shape index (κ2) is 4.28. The van der Waals surface area contributed by atoms with Crippen LogP contribution in [-0.2, 0) is 9.84 Å². The third kappa shape index (κ3) is 2.90. The van der Waals surface area contributed by atoms with E-state index >= 15 is 0 Å². The van der Waals surface area contributed by atoms with Gasteiger partial charge in [0.25, 0.3) is 0 Å². The molecule has 0 spiro atoms. The van der Waals surface area contributed by atoms with E-state index < -0.39 is 9.84 Å². The zero-order chi connectivity index (χ0) is 12.5. The topological polar surface area (TPSA) is 101 Å². The van der Waals surface area contributed by atoms with Gasteiger partial charge in [0.15, 0.2) is 11.5 Å². The van der Waals surface area contributed by atoms with Gasteiger partial charge in [0.2, 0.25) is 0 Å². The van der Waals surface area contributed by atoms with Gasteiger partial charge in [-0.25, -0.2) is 23.4 Å². The smallest absolute Gasteiger partial charge is 0.182 e. The standard InChI is InChI=1S/C9H13N5O2S/c1-6(3-17(2,15)16)14-9-7-8(11-4-10-7)12-5-13-9/h4-6H,3H2,1-2H3,(H2,10,11,12,13,14). The number of sulfone groups is 1. The van der Waals surface area contributed by atoms with Crippen LogP contribution in [0.5, 0.6) is 0 Å². The molecule has 0 aromatic carbocycles. The molecular weight excluding hydrogens is 242 g/mol. The molecule has 2 rings (SSSR count). The van der Waals surface area contributed by atoms with E-state index in [-0.39, 0.29) is 11.8 Å². The number of hydrogen-bond donors (Lipinski definition) is 2. The first-order valence-corrected chi connectivity index (χ1v) is 7.10. The van der Waals surface area contributed by atoms with Gasteiger partial charge in [0.1, 0.15) is 21.7 Å². The highest BCUT2D eigenvalue weighted by molar-refractivity contribution is 7.90. The van der Waals surface area contributed by atoms with Gasteiger partial charge in [-0.15, -0.1) is 0 Å². The molecule has 2 heterocycles. The number of rotatable bonds is 4. The van der Waals surface area contributed by atoms with Crippen molar-refractivity contribution in [3.8, 4) is 0 Å². The van der Waals surface area contributed by atoms with E-state index in [4.69, 9.17) is 0 Å². The Bertz CT molecular complexity index is 621. The lowest BCUT2D eigenvalue weighted by Gasteiger charge is -2.13. The van der Waals surface area contributed by atoms with Crippen molar-refractivity contribution in [3.63, 3.8) is 0 Å². The van der Waals surface area contributed by atoms with E-state index in [9.17, 15) is 8.42 Å². The summed E-state index contributed by atoms with van der Waals surface area (Å²) in [5.74, 6) is 0.607. The van der Waals surface area contributed by atoms with Crippen LogP contribution in [0.1, 0.15) is 6.92 Å². The van der Waals surface area contributed by atoms with Crippen molar-refractivity contribution < 1.29 is 8.42 Å². The number of hydrogen-bond acceptors (Lipinski definition) is 6. The Hall–Kier alpha value is -1.70. The summed E-state index contributed by atoms with van der Waals surface area (Å²) in [4.78, 5) is 14.9. The first-order chi connectivity index (χ1) is 7.96. The first-order valence-electron chi connectivity index (χ1n) is 5.04. The molecule has 2 aromatic heterocycles. The Balaban J connectivity index is 2.21. The molecule has 7 nitrogen and oxygen atoms in total. The minimum Gasteiger partial charge on any atom is -0.365 e. The summed E-state index contributed by atoms with van der Waals surface area (Å²) in [5, 5.41) is 3.03. The first kappa shape index (κ1) is 11.8. The van der Waals surface area contributed by atoms with Crippen LogP contribution in [0.15, 0.2) is 12.7 Å². The molecule has 1 unspecified atom stereocenters. The molecule has 0 aliphatic carbocycles. The van der Waals surface area contributed by atoms with E-state index in [0.29, 0.717) is 17.0 Å². The van der Waals surface area contributed by atoms with Crippen LogP contribution in [0, 0.1) is 0 Å². The van der Waals surface area contributed by atoms with E-state index in [0.717, 1.165) is 0 Å². The summed E-state index contributed by atoms with van der Waals surface area (Å²) in [7, 11) is -3.02. The van der Waals surface area contributed by atoms with E-state index in [2.05, 4.69) is 25.3 Å². The summed E-state index contributed by atoms with van der Waals surface area (Å²) < 4.78 is 22.3. The van der Waals surface area contributed by atoms with Crippen molar-refractivity contribution in [2.45, 2.75) is 13.0 Å². The molecule has 0 radical (unpaired) electrons. The highest BCUT2D eigenvalue weighted by atomic mass is 32.2. The van der Waals surface area contributed by atoms with Crippen molar-refractivity contribution >= 4 is 26.8 Å². The second-order valence-electron chi connectivity index (χ2n) is 3.96. The summed E-state index contributed by atoms with van der Waals surface area (Å²) in [6.45, 7) is 1.78. The lowest BCUT2D eigenvalue weighted by atomic mass is 10.4. The van der Waals surface area contributed by atoms with Crippen molar-refractivity contribution in [1.82, 2.24) is 19.9 Å². The van der Waals surface area contributed by atoms with Crippen molar-refractivity contribution in [1.29, 1.82) is 0 Å². The fraction of sp³-hybridized carbons (Fsp3) is 0.444. The molecule has 17 heavy (non-hydrogen) atoms. The molecule has 92 valence electrons. The van der Waals surface area contributed by atoms with Crippen LogP contribution >= 0.6 is 0 Å². The molecule has 0 fully saturated rings. The predicted molar refractivity (Wildman–Crippen MR) is 64.5 cm³/mol. The molecule has 0 aliphatic heterocycles. The van der Waals surface area contributed by atoms with Crippen LogP contribution in [-0.4, -0.2) is 46.4 Å². The Morgan fingerprint density at radius 3 is 2.88 bits per heavy atom. The van der Waals surface area contributed by atoms with Gasteiger partial charge in [-0.1, -0.05) is 0 Å². The van der Waals surface area contributed by atoms with E-state index in [1.165, 1.54) is 18.9 Å². The fourth-order valence-corrected chi connectivity index (χ4v) is 2.60. The van der Waals surface area contributed by atoms with Gasteiger partial charge in [0.05, 0.1) is 12.1 Å². The minimum absolute atomic E-state index is 0.0482. The maximum atomic E-state index is 11.2. The molecule has 0 aliphatic rings. The molecule has 8 heteroatoms. The normalized spacial score (nSPS) is 13.8. The van der Waals surface area contributed by atoms with Crippen LogP contribution in [0.3, 0.4) is 0 Å². The molecule has 0 amide bonds. The minimum atomic E-state index is -3.02. The molecule has 1 atom stereocenters. The zero-order valence-electron chi connectivity index (χ0n) is 9.51. The van der Waals surface area contributed by atoms with Gasteiger partial charge < -0.3 is 10.3 Å². The molecule has 2 aromatic rings. The lowest BCUT2D eigenvalue weighted by Crippen LogP contribution is -2.25. The van der Waals surface area contributed by atoms with Crippen molar-refractivity contribution in [2.75, 3.05) is 17.3 Å². The van der Waals surface area contributed by atoms with Crippen LogP contribution < -0.4 is 5.32 Å². The summed E-state index contributed by atoms with van der Waals surface area (Å²) in [5.41, 5.74) is 1.22. The molecular formula is C9H13N5O2S. The highest BCUT2D eigenvalue weighted by Gasteiger charge is 2.13. The van der Waals surface area contributed by atoms with Gasteiger partial charge >= 0.3 is 0 Å². The number of aromatic nitrogens is 4. The number of anilines is 1. The number of aromatic amines is 1. The number of imidazole rings is 1. The van der Waals surface area contributed by atoms with Crippen LogP contribution in [0.2, 0.25) is 0 Å². The van der Waals surface area contributed by atoms with E-state index in [1.54, 1.807) is 6.92 Å². The second-order valence-corrected chi connectivity index (χ2v) is 6.15. The van der Waals surface area contributed by atoms with Gasteiger partial charge in [-0.05, 0) is 6.92 Å². The lowest BCUT2D eigenvalue weighted by molar-refractivity contribution is 0.598. The SMILES string of the molecule is CC(CS(C)(=O)=O)Nc1ncnc2nc[nH]c12. The average Bonchev–Trinajstić information content (AvgIpc) is 2.63. The van der Waals surface area contributed by atoms with Crippen LogP contribution in [0.4, 0.5) is 5.82 Å². The number of H-pyrrole nitrogens is 1. The largest absolute Gasteiger partial charge is 0.365 e.